The molecule has 3 rings (SSSR count). The lowest BCUT2D eigenvalue weighted by Gasteiger charge is -2.42. The molecule has 0 atom stereocenters. The van der Waals surface area contributed by atoms with E-state index in [0.29, 0.717) is 6.04 Å². The lowest BCUT2D eigenvalue weighted by molar-refractivity contribution is 0.182. The van der Waals surface area contributed by atoms with Crippen LogP contribution in [0.4, 0.5) is 5.69 Å². The van der Waals surface area contributed by atoms with Crippen molar-refractivity contribution in [1.82, 2.24) is 4.90 Å². The molecule has 2 fully saturated rings. The number of piperidine rings is 1. The maximum atomic E-state index is 12.1. The molecule has 0 saturated carbocycles. The third-order valence-electron chi connectivity index (χ3n) is 4.89. The second-order valence-corrected chi connectivity index (χ2v) is 10.9. The summed E-state index contributed by atoms with van der Waals surface area (Å²) in [4.78, 5) is 5.07. The first-order valence-corrected chi connectivity index (χ1v) is 11.2. The third-order valence-corrected chi connectivity index (χ3v) is 7.71. The van der Waals surface area contributed by atoms with Gasteiger partial charge < -0.3 is 9.46 Å². The van der Waals surface area contributed by atoms with Gasteiger partial charge >= 0.3 is 0 Å². The SMILES string of the molecule is CP1(=O)CCN(C2CCN(c3ccc(Br)cc3)CC2)CC1. The zero-order valence-corrected chi connectivity index (χ0v) is 15.2. The van der Waals surface area contributed by atoms with Crippen molar-refractivity contribution in [2.45, 2.75) is 18.9 Å². The Morgan fingerprint density at radius 2 is 1.62 bits per heavy atom. The Hall–Kier alpha value is -0.310. The molecule has 2 aliphatic heterocycles. The smallest absolute Gasteiger partial charge is 0.0873 e. The van der Waals surface area contributed by atoms with Gasteiger partial charge in [0, 0.05) is 54.7 Å². The molecule has 1 aromatic rings. The molecule has 0 unspecified atom stereocenters. The maximum Gasteiger partial charge on any atom is 0.0873 e. The first kappa shape index (κ1) is 15.6. The molecule has 0 aromatic heterocycles. The highest BCUT2D eigenvalue weighted by molar-refractivity contribution is 9.10. The Bertz CT molecular complexity index is 514. The molecule has 2 aliphatic rings. The van der Waals surface area contributed by atoms with Crippen molar-refractivity contribution >= 4 is 28.8 Å². The van der Waals surface area contributed by atoms with Crippen LogP contribution < -0.4 is 4.90 Å². The maximum absolute atomic E-state index is 12.1. The van der Waals surface area contributed by atoms with Gasteiger partial charge in [0.1, 0.15) is 0 Å². The van der Waals surface area contributed by atoms with Crippen molar-refractivity contribution in [2.24, 2.45) is 0 Å². The average Bonchev–Trinajstić information content (AvgIpc) is 2.48. The molecule has 1 aromatic carbocycles. The van der Waals surface area contributed by atoms with Crippen LogP contribution in [0, 0.1) is 0 Å². The summed E-state index contributed by atoms with van der Waals surface area (Å²) in [5.74, 6) is 0. The molecule has 5 heteroatoms. The highest BCUT2D eigenvalue weighted by Gasteiger charge is 2.30. The summed E-state index contributed by atoms with van der Waals surface area (Å²) in [6.45, 7) is 6.31. The first-order valence-electron chi connectivity index (χ1n) is 7.84. The van der Waals surface area contributed by atoms with Gasteiger partial charge in [-0.3, -0.25) is 4.90 Å². The number of rotatable bonds is 2. The molecule has 0 bridgehead atoms. The van der Waals surface area contributed by atoms with Crippen LogP contribution in [0.25, 0.3) is 0 Å². The Balaban J connectivity index is 1.53. The minimum absolute atomic E-state index is 0.692. The number of nitrogens with zero attached hydrogens (tertiary/aromatic N) is 2. The van der Waals surface area contributed by atoms with Crippen LogP contribution in [-0.4, -0.2) is 56.1 Å². The van der Waals surface area contributed by atoms with Crippen molar-refractivity contribution in [3.8, 4) is 0 Å². The summed E-state index contributed by atoms with van der Waals surface area (Å²) >= 11 is 3.49. The summed E-state index contributed by atoms with van der Waals surface area (Å²) in [5, 5.41) is 0. The van der Waals surface area contributed by atoms with Crippen LogP contribution in [0.5, 0.6) is 0 Å². The molecule has 2 heterocycles. The van der Waals surface area contributed by atoms with E-state index in [4.69, 9.17) is 0 Å². The van der Waals surface area contributed by atoms with Crippen LogP contribution in [0.1, 0.15) is 12.8 Å². The fourth-order valence-electron chi connectivity index (χ4n) is 3.41. The summed E-state index contributed by atoms with van der Waals surface area (Å²) in [6, 6.07) is 9.31. The molecule has 116 valence electrons. The van der Waals surface area contributed by atoms with Gasteiger partial charge in [-0.15, -0.1) is 0 Å². The van der Waals surface area contributed by atoms with Gasteiger partial charge in [-0.05, 0) is 43.8 Å². The highest BCUT2D eigenvalue weighted by atomic mass is 79.9. The van der Waals surface area contributed by atoms with Gasteiger partial charge in [0.15, 0.2) is 0 Å². The minimum atomic E-state index is -1.80. The molecular formula is C16H24BrN2OP. The monoisotopic (exact) mass is 370 g/mol. The molecule has 0 radical (unpaired) electrons. The van der Waals surface area contributed by atoms with E-state index in [0.717, 1.165) is 43.0 Å². The van der Waals surface area contributed by atoms with Crippen LogP contribution >= 0.6 is 23.1 Å². The molecule has 2 saturated heterocycles. The average molecular weight is 371 g/mol. The molecule has 0 spiro atoms. The predicted molar refractivity (Wildman–Crippen MR) is 94.2 cm³/mol. The summed E-state index contributed by atoms with van der Waals surface area (Å²) < 4.78 is 13.2. The van der Waals surface area contributed by atoms with Gasteiger partial charge in [-0.1, -0.05) is 15.9 Å². The summed E-state index contributed by atoms with van der Waals surface area (Å²) in [7, 11) is -1.80. The van der Waals surface area contributed by atoms with Gasteiger partial charge in [0.2, 0.25) is 0 Å². The van der Waals surface area contributed by atoms with Gasteiger partial charge in [-0.2, -0.15) is 0 Å². The first-order chi connectivity index (χ1) is 10.0. The lowest BCUT2D eigenvalue weighted by atomic mass is 10.0. The fraction of sp³-hybridized carbons (Fsp3) is 0.625. The number of hydrogen-bond acceptors (Lipinski definition) is 3. The fourth-order valence-corrected chi connectivity index (χ4v) is 5.26. The summed E-state index contributed by atoms with van der Waals surface area (Å²) in [6.07, 6.45) is 4.29. The van der Waals surface area contributed by atoms with Gasteiger partial charge in [0.05, 0.1) is 7.14 Å². The van der Waals surface area contributed by atoms with Crippen LogP contribution in [0.2, 0.25) is 0 Å². The Morgan fingerprint density at radius 3 is 2.19 bits per heavy atom. The van der Waals surface area contributed by atoms with Crippen molar-refractivity contribution in [3.05, 3.63) is 28.7 Å². The van der Waals surface area contributed by atoms with E-state index in [1.54, 1.807) is 0 Å². The standard InChI is InChI=1S/C16H24BrN2OP/c1-21(20)12-10-19(11-13-21)16-6-8-18(9-7-16)15-4-2-14(17)3-5-15/h2-5,16H,6-13H2,1H3. The third kappa shape index (κ3) is 3.91. The topological polar surface area (TPSA) is 23.6 Å². The zero-order valence-electron chi connectivity index (χ0n) is 12.7. The predicted octanol–water partition coefficient (Wildman–Crippen LogP) is 3.73. The zero-order chi connectivity index (χ0) is 14.9. The Kier molecular flexibility index (Phi) is 4.78. The number of anilines is 1. The normalized spacial score (nSPS) is 24.2. The van der Waals surface area contributed by atoms with E-state index in [1.165, 1.54) is 18.5 Å². The number of halogens is 1. The van der Waals surface area contributed by atoms with Crippen LogP contribution in [-0.2, 0) is 4.57 Å². The van der Waals surface area contributed by atoms with E-state index in [1.807, 2.05) is 6.66 Å². The van der Waals surface area contributed by atoms with Crippen LogP contribution in [0.3, 0.4) is 0 Å². The van der Waals surface area contributed by atoms with E-state index in [-0.39, 0.29) is 0 Å². The molecule has 0 N–H and O–H groups in total. The molecular weight excluding hydrogens is 347 g/mol. The van der Waals surface area contributed by atoms with E-state index >= 15 is 0 Å². The number of hydrogen-bond donors (Lipinski definition) is 0. The molecule has 0 aliphatic carbocycles. The van der Waals surface area contributed by atoms with Crippen molar-refractivity contribution in [1.29, 1.82) is 0 Å². The Labute approximate surface area is 136 Å². The number of benzene rings is 1. The van der Waals surface area contributed by atoms with E-state index in [2.05, 4.69) is 50.0 Å². The van der Waals surface area contributed by atoms with Crippen molar-refractivity contribution in [2.75, 3.05) is 50.1 Å². The lowest BCUT2D eigenvalue weighted by Crippen LogP contribution is -2.48. The van der Waals surface area contributed by atoms with Crippen LogP contribution in [0.15, 0.2) is 28.7 Å². The molecule has 21 heavy (non-hydrogen) atoms. The second kappa shape index (κ2) is 6.44. The van der Waals surface area contributed by atoms with Gasteiger partial charge in [-0.25, -0.2) is 0 Å². The van der Waals surface area contributed by atoms with Crippen molar-refractivity contribution < 1.29 is 4.57 Å². The van der Waals surface area contributed by atoms with E-state index in [9.17, 15) is 4.57 Å². The quantitative estimate of drug-likeness (QED) is 0.741. The van der Waals surface area contributed by atoms with Crippen molar-refractivity contribution in [3.63, 3.8) is 0 Å². The second-order valence-electron chi connectivity index (χ2n) is 6.47. The Morgan fingerprint density at radius 1 is 1.05 bits per heavy atom. The molecule has 3 nitrogen and oxygen atoms in total. The molecule has 0 amide bonds. The highest BCUT2D eigenvalue weighted by Crippen LogP contribution is 2.43. The minimum Gasteiger partial charge on any atom is -0.371 e. The largest absolute Gasteiger partial charge is 0.371 e. The van der Waals surface area contributed by atoms with E-state index < -0.39 is 7.14 Å². The van der Waals surface area contributed by atoms with Gasteiger partial charge in [0.25, 0.3) is 0 Å². The summed E-state index contributed by atoms with van der Waals surface area (Å²) in [5.41, 5.74) is 1.33.